The molecular weight excluding hydrogens is 224 g/mol. The molecule has 0 aliphatic rings. The van der Waals surface area contributed by atoms with Crippen molar-refractivity contribution in [1.82, 2.24) is 10.6 Å². The Morgan fingerprint density at radius 1 is 1.31 bits per heavy atom. The Morgan fingerprint density at radius 2 is 2.06 bits per heavy atom. The third-order valence-electron chi connectivity index (χ3n) is 1.85. The zero-order valence-corrected chi connectivity index (χ0v) is 11.1. The van der Waals surface area contributed by atoms with Crippen LogP contribution in [0.1, 0.15) is 26.7 Å². The minimum absolute atomic E-state index is 0.107. The summed E-state index contributed by atoms with van der Waals surface area (Å²) in [6.07, 6.45) is 1.40. The lowest BCUT2D eigenvalue weighted by Gasteiger charge is -2.08. The van der Waals surface area contributed by atoms with Gasteiger partial charge in [0.25, 0.3) is 0 Å². The molecule has 0 saturated carbocycles. The van der Waals surface area contributed by atoms with Gasteiger partial charge in [0, 0.05) is 37.9 Å². The van der Waals surface area contributed by atoms with Crippen molar-refractivity contribution in [3.63, 3.8) is 0 Å². The first kappa shape index (κ1) is 15.7. The molecule has 1 amide bonds. The molecule has 0 aromatic heterocycles. The first-order valence-corrected chi connectivity index (χ1v) is 7.01. The van der Waals surface area contributed by atoms with Gasteiger partial charge >= 0.3 is 0 Å². The molecule has 0 unspecified atom stereocenters. The van der Waals surface area contributed by atoms with Gasteiger partial charge in [-0.05, 0) is 26.0 Å². The fourth-order valence-electron chi connectivity index (χ4n) is 1.13. The summed E-state index contributed by atoms with van der Waals surface area (Å²) < 4.78 is 0. The number of nitrogens with one attached hydrogen (secondary N) is 2. The number of thioether (sulfide) groups is 1. The summed E-state index contributed by atoms with van der Waals surface area (Å²) in [5.74, 6) is 2.15. The number of hydrogen-bond acceptors (Lipinski definition) is 4. The zero-order chi connectivity index (χ0) is 12.2. The number of rotatable bonds is 10. The van der Waals surface area contributed by atoms with E-state index in [1.807, 2.05) is 25.6 Å². The van der Waals surface area contributed by atoms with E-state index in [1.54, 1.807) is 0 Å². The third kappa shape index (κ3) is 11.8. The maximum atomic E-state index is 11.2. The third-order valence-corrected chi connectivity index (χ3v) is 2.92. The topological polar surface area (TPSA) is 61.4 Å². The van der Waals surface area contributed by atoms with Gasteiger partial charge in [-0.3, -0.25) is 4.79 Å². The minimum Gasteiger partial charge on any atom is -0.396 e. The Labute approximate surface area is 103 Å². The molecule has 0 rings (SSSR count). The van der Waals surface area contributed by atoms with Crippen molar-refractivity contribution in [2.75, 3.05) is 31.2 Å². The van der Waals surface area contributed by atoms with Crippen LogP contribution in [0, 0.1) is 0 Å². The number of hydrogen-bond donors (Lipinski definition) is 3. The molecule has 0 heterocycles. The number of amides is 1. The molecule has 5 heteroatoms. The molecule has 4 nitrogen and oxygen atoms in total. The molecule has 0 aliphatic carbocycles. The van der Waals surface area contributed by atoms with Gasteiger partial charge in [-0.1, -0.05) is 0 Å². The van der Waals surface area contributed by atoms with Crippen LogP contribution in [0.25, 0.3) is 0 Å². The van der Waals surface area contributed by atoms with Crippen molar-refractivity contribution in [3.8, 4) is 0 Å². The molecule has 0 fully saturated rings. The molecule has 0 bridgehead atoms. The smallest absolute Gasteiger partial charge is 0.221 e. The van der Waals surface area contributed by atoms with Crippen molar-refractivity contribution < 1.29 is 9.90 Å². The summed E-state index contributed by atoms with van der Waals surface area (Å²) in [4.78, 5) is 11.2. The van der Waals surface area contributed by atoms with Crippen LogP contribution in [-0.4, -0.2) is 48.3 Å². The fourth-order valence-corrected chi connectivity index (χ4v) is 1.96. The van der Waals surface area contributed by atoms with Gasteiger partial charge in [-0.15, -0.1) is 0 Å². The summed E-state index contributed by atoms with van der Waals surface area (Å²) >= 11 is 1.82. The maximum Gasteiger partial charge on any atom is 0.221 e. The molecule has 0 aromatic rings. The monoisotopic (exact) mass is 248 g/mol. The first-order chi connectivity index (χ1) is 7.66. The highest BCUT2D eigenvalue weighted by molar-refractivity contribution is 7.99. The number of aliphatic hydroxyl groups excluding tert-OH is 1. The Hall–Kier alpha value is -0.260. The number of carbonyl (C=O) groups excluding carboxylic acids is 1. The highest BCUT2D eigenvalue weighted by Gasteiger charge is 2.01. The van der Waals surface area contributed by atoms with Gasteiger partial charge in [0.2, 0.25) is 5.91 Å². The predicted molar refractivity (Wildman–Crippen MR) is 69.8 cm³/mol. The van der Waals surface area contributed by atoms with E-state index < -0.39 is 0 Å². The van der Waals surface area contributed by atoms with Crippen LogP contribution in [0.2, 0.25) is 0 Å². The number of carbonyl (C=O) groups is 1. The Morgan fingerprint density at radius 3 is 2.69 bits per heavy atom. The second kappa shape index (κ2) is 11.2. The van der Waals surface area contributed by atoms with Gasteiger partial charge in [0.15, 0.2) is 0 Å². The van der Waals surface area contributed by atoms with E-state index in [0.717, 1.165) is 31.0 Å². The van der Waals surface area contributed by atoms with Crippen molar-refractivity contribution in [2.24, 2.45) is 0 Å². The average Bonchev–Trinajstić information content (AvgIpc) is 2.21. The van der Waals surface area contributed by atoms with Crippen LogP contribution in [0.3, 0.4) is 0 Å². The van der Waals surface area contributed by atoms with E-state index >= 15 is 0 Å². The molecule has 0 atom stereocenters. The van der Waals surface area contributed by atoms with E-state index in [4.69, 9.17) is 5.11 Å². The molecular formula is C11H24N2O2S. The SMILES string of the molecule is CC(C)NC(=O)CCNCCSCCCO. The minimum atomic E-state index is 0.107. The summed E-state index contributed by atoms with van der Waals surface area (Å²) in [7, 11) is 0. The highest BCUT2D eigenvalue weighted by Crippen LogP contribution is 1.99. The lowest BCUT2D eigenvalue weighted by molar-refractivity contribution is -0.121. The lowest BCUT2D eigenvalue weighted by atomic mass is 10.3. The van der Waals surface area contributed by atoms with Gasteiger partial charge in [0.05, 0.1) is 0 Å². The molecule has 0 spiro atoms. The summed E-state index contributed by atoms with van der Waals surface area (Å²) in [6, 6.07) is 0.224. The fraction of sp³-hybridized carbons (Fsp3) is 0.909. The van der Waals surface area contributed by atoms with Crippen LogP contribution in [0.15, 0.2) is 0 Å². The van der Waals surface area contributed by atoms with Crippen LogP contribution < -0.4 is 10.6 Å². The maximum absolute atomic E-state index is 11.2. The quantitative estimate of drug-likeness (QED) is 0.496. The molecule has 16 heavy (non-hydrogen) atoms. The Kier molecular flexibility index (Phi) is 11.0. The Balaban J connectivity index is 3.11. The lowest BCUT2D eigenvalue weighted by Crippen LogP contribution is -2.32. The highest BCUT2D eigenvalue weighted by atomic mass is 32.2. The largest absolute Gasteiger partial charge is 0.396 e. The van der Waals surface area contributed by atoms with Crippen molar-refractivity contribution in [2.45, 2.75) is 32.7 Å². The van der Waals surface area contributed by atoms with E-state index in [0.29, 0.717) is 6.42 Å². The summed E-state index contributed by atoms with van der Waals surface area (Å²) in [6.45, 7) is 5.85. The molecule has 0 saturated heterocycles. The van der Waals surface area contributed by atoms with Crippen LogP contribution in [0.4, 0.5) is 0 Å². The molecule has 3 N–H and O–H groups in total. The predicted octanol–water partition coefficient (Wildman–Crippen LogP) is 0.606. The van der Waals surface area contributed by atoms with Gasteiger partial charge < -0.3 is 15.7 Å². The van der Waals surface area contributed by atoms with E-state index in [2.05, 4.69) is 10.6 Å². The van der Waals surface area contributed by atoms with E-state index in [9.17, 15) is 4.79 Å². The number of aliphatic hydroxyl groups is 1. The second-order valence-electron chi connectivity index (χ2n) is 3.91. The van der Waals surface area contributed by atoms with Crippen LogP contribution in [0.5, 0.6) is 0 Å². The van der Waals surface area contributed by atoms with Gasteiger partial charge in [-0.2, -0.15) is 11.8 Å². The average molecular weight is 248 g/mol. The molecule has 0 aliphatic heterocycles. The second-order valence-corrected chi connectivity index (χ2v) is 5.14. The molecule has 0 aromatic carbocycles. The zero-order valence-electron chi connectivity index (χ0n) is 10.3. The summed E-state index contributed by atoms with van der Waals surface area (Å²) in [5, 5.41) is 14.6. The molecule has 96 valence electrons. The van der Waals surface area contributed by atoms with E-state index in [-0.39, 0.29) is 18.6 Å². The van der Waals surface area contributed by atoms with Gasteiger partial charge in [0.1, 0.15) is 0 Å². The standard InChI is InChI=1S/C11H24N2O2S/c1-10(2)13-11(15)4-5-12-6-9-16-8-3-7-14/h10,12,14H,3-9H2,1-2H3,(H,13,15). The van der Waals surface area contributed by atoms with Crippen LogP contribution in [-0.2, 0) is 4.79 Å². The summed E-state index contributed by atoms with van der Waals surface area (Å²) in [5.41, 5.74) is 0. The van der Waals surface area contributed by atoms with Crippen molar-refractivity contribution in [1.29, 1.82) is 0 Å². The van der Waals surface area contributed by atoms with E-state index in [1.165, 1.54) is 0 Å². The van der Waals surface area contributed by atoms with Crippen molar-refractivity contribution >= 4 is 17.7 Å². The van der Waals surface area contributed by atoms with Crippen LogP contribution >= 0.6 is 11.8 Å². The first-order valence-electron chi connectivity index (χ1n) is 5.85. The van der Waals surface area contributed by atoms with Crippen molar-refractivity contribution in [3.05, 3.63) is 0 Å². The van der Waals surface area contributed by atoms with Gasteiger partial charge in [-0.25, -0.2) is 0 Å². The normalized spacial score (nSPS) is 10.8. The Bertz CT molecular complexity index is 177. The molecule has 0 radical (unpaired) electrons.